The maximum absolute atomic E-state index is 12.9. The van der Waals surface area contributed by atoms with Crippen molar-refractivity contribution >= 4 is 35.1 Å². The summed E-state index contributed by atoms with van der Waals surface area (Å²) in [5.41, 5.74) is 3.36. The summed E-state index contributed by atoms with van der Waals surface area (Å²) in [7, 11) is 0. The van der Waals surface area contributed by atoms with E-state index in [-0.39, 0.29) is 6.03 Å². The van der Waals surface area contributed by atoms with Crippen LogP contribution in [0, 0.1) is 0 Å². The third-order valence-corrected chi connectivity index (χ3v) is 6.26. The first-order valence-corrected chi connectivity index (χ1v) is 9.18. The summed E-state index contributed by atoms with van der Waals surface area (Å²) in [5.74, 6) is -0.602. The zero-order valence-electron chi connectivity index (χ0n) is 13.6. The maximum atomic E-state index is 12.9. The summed E-state index contributed by atoms with van der Waals surface area (Å²) in [6.45, 7) is 1.39. The van der Waals surface area contributed by atoms with E-state index in [1.807, 2.05) is 24.3 Å². The lowest BCUT2D eigenvalue weighted by Gasteiger charge is -2.34. The molecule has 2 atom stereocenters. The van der Waals surface area contributed by atoms with Gasteiger partial charge in [-0.05, 0) is 23.8 Å². The molecule has 5 rings (SSSR count). The number of aliphatic carboxylic acids is 1. The van der Waals surface area contributed by atoms with E-state index in [1.165, 1.54) is 11.8 Å². The van der Waals surface area contributed by atoms with Crippen LogP contribution in [0.2, 0.25) is 0 Å². The van der Waals surface area contributed by atoms with E-state index >= 15 is 0 Å². The number of nitrogens with zero attached hydrogens (tertiary/aromatic N) is 2. The van der Waals surface area contributed by atoms with Crippen LogP contribution < -0.4 is 10.2 Å². The van der Waals surface area contributed by atoms with Gasteiger partial charge in [0.2, 0.25) is 0 Å². The predicted octanol–water partition coefficient (Wildman–Crippen LogP) is 2.66. The Morgan fingerprint density at radius 2 is 2.19 bits per heavy atom. The topological polar surface area (TPSA) is 91.8 Å². The Labute approximate surface area is 153 Å². The zero-order valence-corrected chi connectivity index (χ0v) is 14.4. The van der Waals surface area contributed by atoms with Crippen molar-refractivity contribution in [3.63, 3.8) is 0 Å². The number of amides is 2. The number of aromatic nitrogens is 1. The Morgan fingerprint density at radius 1 is 1.35 bits per heavy atom. The molecule has 0 spiro atoms. The number of urea groups is 1. The summed E-state index contributed by atoms with van der Waals surface area (Å²) in [6, 6.07) is 8.73. The Bertz CT molecular complexity index is 930. The van der Waals surface area contributed by atoms with E-state index in [0.717, 1.165) is 16.8 Å². The number of benzene rings is 1. The number of carboxylic acids is 1. The standard InChI is InChI=1S/C18H15N3O4S/c22-17(23)15-14-13-12(4-5-19-16(13)26-15)21(18(24)20-14)11-3-1-2-9(6-11)10-7-25-8-10/h1-6,10,14-15H,7-8H2,(H,20,24)(H,22,23). The fourth-order valence-electron chi connectivity index (χ4n) is 3.62. The second-order valence-corrected chi connectivity index (χ2v) is 7.65. The Balaban J connectivity index is 1.60. The number of carboxylic acid groups (broad SMARTS) is 1. The van der Waals surface area contributed by atoms with Crippen molar-refractivity contribution in [1.82, 2.24) is 10.3 Å². The van der Waals surface area contributed by atoms with Gasteiger partial charge in [0.1, 0.15) is 10.3 Å². The highest BCUT2D eigenvalue weighted by Crippen LogP contribution is 2.50. The van der Waals surface area contributed by atoms with Crippen LogP contribution in [-0.2, 0) is 9.53 Å². The van der Waals surface area contributed by atoms with Gasteiger partial charge in [-0.25, -0.2) is 9.78 Å². The summed E-state index contributed by atoms with van der Waals surface area (Å²) in [6.07, 6.45) is 1.62. The smallest absolute Gasteiger partial charge is 0.327 e. The molecule has 1 saturated heterocycles. The fourth-order valence-corrected chi connectivity index (χ4v) is 4.78. The van der Waals surface area contributed by atoms with Gasteiger partial charge in [0.25, 0.3) is 0 Å². The van der Waals surface area contributed by atoms with E-state index < -0.39 is 17.3 Å². The molecular formula is C18H15N3O4S. The molecule has 26 heavy (non-hydrogen) atoms. The first-order valence-electron chi connectivity index (χ1n) is 8.30. The number of hydrogen-bond donors (Lipinski definition) is 2. The number of rotatable bonds is 3. The molecule has 3 aliphatic heterocycles. The summed E-state index contributed by atoms with van der Waals surface area (Å²) >= 11 is 1.18. The molecule has 2 aromatic rings. The number of carbonyl (C=O) groups is 2. The summed E-state index contributed by atoms with van der Waals surface area (Å²) in [4.78, 5) is 30.3. The minimum Gasteiger partial charge on any atom is -0.480 e. The quantitative estimate of drug-likeness (QED) is 0.864. The summed E-state index contributed by atoms with van der Waals surface area (Å²) in [5, 5.41) is 12.2. The highest BCUT2D eigenvalue weighted by atomic mass is 32.2. The molecule has 3 aliphatic rings. The Morgan fingerprint density at radius 3 is 2.92 bits per heavy atom. The second-order valence-electron chi connectivity index (χ2n) is 6.52. The molecule has 1 fully saturated rings. The van der Waals surface area contributed by atoms with E-state index in [1.54, 1.807) is 17.2 Å². The molecule has 0 bridgehead atoms. The van der Waals surface area contributed by atoms with Gasteiger partial charge in [-0.2, -0.15) is 0 Å². The highest BCUT2D eigenvalue weighted by molar-refractivity contribution is 8.00. The van der Waals surface area contributed by atoms with Gasteiger partial charge in [-0.15, -0.1) is 0 Å². The monoisotopic (exact) mass is 369 g/mol. The third-order valence-electron chi connectivity index (χ3n) is 4.99. The third kappa shape index (κ3) is 2.22. The van der Waals surface area contributed by atoms with Crippen LogP contribution in [0.1, 0.15) is 23.1 Å². The summed E-state index contributed by atoms with van der Waals surface area (Å²) < 4.78 is 5.26. The largest absolute Gasteiger partial charge is 0.480 e. The van der Waals surface area contributed by atoms with Crippen LogP contribution >= 0.6 is 11.8 Å². The molecule has 1 aromatic carbocycles. The molecule has 2 N–H and O–H groups in total. The predicted molar refractivity (Wildman–Crippen MR) is 94.9 cm³/mol. The van der Waals surface area contributed by atoms with E-state index in [2.05, 4.69) is 10.3 Å². The molecule has 0 saturated carbocycles. The van der Waals surface area contributed by atoms with Crippen molar-refractivity contribution < 1.29 is 19.4 Å². The van der Waals surface area contributed by atoms with Gasteiger partial charge in [-0.3, -0.25) is 9.69 Å². The normalized spacial score (nSPS) is 24.0. The number of hydrogen-bond acceptors (Lipinski definition) is 5. The van der Waals surface area contributed by atoms with Crippen LogP contribution in [0.25, 0.3) is 0 Å². The molecule has 7 nitrogen and oxygen atoms in total. The molecule has 2 unspecified atom stereocenters. The molecule has 0 aliphatic carbocycles. The van der Waals surface area contributed by atoms with Gasteiger partial charge >= 0.3 is 12.0 Å². The SMILES string of the molecule is O=C(O)C1Sc2nccc3c2C1NC(=O)N3c1cccc(C2COC2)c1. The maximum Gasteiger partial charge on any atom is 0.327 e. The Kier molecular flexibility index (Phi) is 3.44. The number of pyridine rings is 1. The Hall–Kier alpha value is -2.58. The van der Waals surface area contributed by atoms with Crippen LogP contribution in [0.4, 0.5) is 16.2 Å². The lowest BCUT2D eigenvalue weighted by atomic mass is 9.96. The minimum atomic E-state index is -0.954. The van der Waals surface area contributed by atoms with Gasteiger partial charge in [0.05, 0.1) is 30.6 Å². The average Bonchev–Trinajstić information content (AvgIpc) is 2.94. The average molecular weight is 369 g/mol. The number of anilines is 2. The lowest BCUT2D eigenvalue weighted by molar-refractivity contribution is -0.136. The highest BCUT2D eigenvalue weighted by Gasteiger charge is 2.46. The van der Waals surface area contributed by atoms with Crippen molar-refractivity contribution in [2.75, 3.05) is 18.1 Å². The number of ether oxygens (including phenoxy) is 1. The van der Waals surface area contributed by atoms with Gasteiger partial charge in [0, 0.05) is 17.7 Å². The van der Waals surface area contributed by atoms with Crippen molar-refractivity contribution in [1.29, 1.82) is 0 Å². The molecular weight excluding hydrogens is 354 g/mol. The number of carbonyl (C=O) groups excluding carboxylic acids is 1. The van der Waals surface area contributed by atoms with Gasteiger partial charge < -0.3 is 15.2 Å². The minimum absolute atomic E-state index is 0.324. The number of thioether (sulfide) groups is 1. The van der Waals surface area contributed by atoms with Crippen LogP contribution in [0.5, 0.6) is 0 Å². The first-order chi connectivity index (χ1) is 12.6. The molecule has 8 heteroatoms. The van der Waals surface area contributed by atoms with E-state index in [4.69, 9.17) is 4.74 Å². The van der Waals surface area contributed by atoms with Crippen molar-refractivity contribution in [2.45, 2.75) is 22.2 Å². The van der Waals surface area contributed by atoms with Gasteiger partial charge in [-0.1, -0.05) is 23.9 Å². The van der Waals surface area contributed by atoms with Crippen molar-refractivity contribution in [3.05, 3.63) is 47.7 Å². The van der Waals surface area contributed by atoms with Crippen LogP contribution in [-0.4, -0.2) is 40.6 Å². The van der Waals surface area contributed by atoms with Crippen molar-refractivity contribution in [2.24, 2.45) is 0 Å². The molecule has 4 heterocycles. The zero-order chi connectivity index (χ0) is 17.8. The van der Waals surface area contributed by atoms with Gasteiger partial charge in [0.15, 0.2) is 0 Å². The number of nitrogens with one attached hydrogen (secondary N) is 1. The molecule has 1 aromatic heterocycles. The fraction of sp³-hybridized carbons (Fsp3) is 0.278. The van der Waals surface area contributed by atoms with Crippen LogP contribution in [0.3, 0.4) is 0 Å². The first kappa shape index (κ1) is 15.7. The van der Waals surface area contributed by atoms with E-state index in [0.29, 0.717) is 29.8 Å². The molecule has 2 amide bonds. The molecule has 132 valence electrons. The van der Waals surface area contributed by atoms with E-state index in [9.17, 15) is 14.7 Å². The van der Waals surface area contributed by atoms with Crippen LogP contribution in [0.15, 0.2) is 41.6 Å². The second kappa shape index (κ2) is 5.72. The lowest BCUT2D eigenvalue weighted by Crippen LogP contribution is -2.47. The molecule has 0 radical (unpaired) electrons. The van der Waals surface area contributed by atoms with Crippen molar-refractivity contribution in [3.8, 4) is 0 Å².